The fourth-order valence-corrected chi connectivity index (χ4v) is 4.12. The van der Waals surface area contributed by atoms with Crippen molar-refractivity contribution in [1.82, 2.24) is 25.1 Å². The van der Waals surface area contributed by atoms with Crippen LogP contribution in [0.2, 0.25) is 0 Å². The van der Waals surface area contributed by atoms with Gasteiger partial charge in [-0.1, -0.05) is 30.3 Å². The fourth-order valence-electron chi connectivity index (χ4n) is 4.12. The zero-order valence-corrected chi connectivity index (χ0v) is 17.0. The number of carbonyl (C=O) groups is 1. The molecule has 0 spiro atoms. The van der Waals surface area contributed by atoms with Crippen molar-refractivity contribution in [3.05, 3.63) is 41.6 Å². The summed E-state index contributed by atoms with van der Waals surface area (Å²) < 4.78 is 5.11. The summed E-state index contributed by atoms with van der Waals surface area (Å²) in [7, 11) is 0. The number of benzene rings is 1. The molecule has 5 rings (SSSR count). The van der Waals surface area contributed by atoms with E-state index < -0.39 is 0 Å². The number of ether oxygens (including phenoxy) is 1. The molecule has 1 aromatic carbocycles. The molecule has 0 aliphatic carbocycles. The minimum Gasteiger partial charge on any atom is -0.450 e. The van der Waals surface area contributed by atoms with Crippen LogP contribution in [0.25, 0.3) is 11.0 Å². The first-order chi connectivity index (χ1) is 14.7. The van der Waals surface area contributed by atoms with E-state index in [9.17, 15) is 4.79 Å². The van der Waals surface area contributed by atoms with Gasteiger partial charge >= 0.3 is 6.09 Å². The maximum absolute atomic E-state index is 12.0. The number of H-pyrrole nitrogens is 1. The van der Waals surface area contributed by atoms with Crippen molar-refractivity contribution in [2.24, 2.45) is 0 Å². The van der Waals surface area contributed by atoms with Crippen LogP contribution in [0.15, 0.2) is 30.3 Å². The molecule has 30 heavy (non-hydrogen) atoms. The second kappa shape index (κ2) is 7.81. The van der Waals surface area contributed by atoms with Crippen molar-refractivity contribution in [1.29, 1.82) is 0 Å². The van der Waals surface area contributed by atoms with Crippen molar-refractivity contribution in [2.45, 2.75) is 19.9 Å². The zero-order chi connectivity index (χ0) is 20.5. The average molecular weight is 407 g/mol. The van der Waals surface area contributed by atoms with Gasteiger partial charge in [0.15, 0.2) is 5.65 Å². The molecule has 1 fully saturated rings. The third kappa shape index (κ3) is 3.40. The van der Waals surface area contributed by atoms with Crippen molar-refractivity contribution in [3.8, 4) is 0 Å². The van der Waals surface area contributed by atoms with Crippen LogP contribution < -0.4 is 9.80 Å². The molecule has 0 saturated carbocycles. The van der Waals surface area contributed by atoms with E-state index in [0.29, 0.717) is 44.4 Å². The second-order valence-electron chi connectivity index (χ2n) is 7.58. The van der Waals surface area contributed by atoms with E-state index in [4.69, 9.17) is 14.7 Å². The van der Waals surface area contributed by atoms with Gasteiger partial charge in [0.2, 0.25) is 5.95 Å². The minimum absolute atomic E-state index is 0.255. The fraction of sp³-hybridized carbons (Fsp3) is 0.429. The largest absolute Gasteiger partial charge is 0.450 e. The number of aromatic nitrogens is 4. The average Bonchev–Trinajstić information content (AvgIpc) is 3.20. The Kier molecular flexibility index (Phi) is 4.86. The predicted molar refractivity (Wildman–Crippen MR) is 114 cm³/mol. The van der Waals surface area contributed by atoms with Gasteiger partial charge in [-0.2, -0.15) is 15.1 Å². The topological polar surface area (TPSA) is 90.5 Å². The molecule has 1 saturated heterocycles. The predicted octanol–water partition coefficient (Wildman–Crippen LogP) is 2.19. The Bertz CT molecular complexity index is 1040. The van der Waals surface area contributed by atoms with Gasteiger partial charge in [0.25, 0.3) is 0 Å². The summed E-state index contributed by atoms with van der Waals surface area (Å²) in [4.78, 5) is 27.8. The van der Waals surface area contributed by atoms with Crippen LogP contribution in [-0.4, -0.2) is 70.5 Å². The van der Waals surface area contributed by atoms with Gasteiger partial charge in [-0.15, -0.1) is 0 Å². The van der Waals surface area contributed by atoms with Gasteiger partial charge < -0.3 is 19.4 Å². The number of nitrogens with zero attached hydrogens (tertiary/aromatic N) is 6. The van der Waals surface area contributed by atoms with Crippen LogP contribution in [0.4, 0.5) is 16.6 Å². The number of carbonyl (C=O) groups excluding carboxylic acids is 1. The van der Waals surface area contributed by atoms with E-state index in [-0.39, 0.29) is 6.09 Å². The molecule has 9 nitrogen and oxygen atoms in total. The Hall–Kier alpha value is -3.36. The van der Waals surface area contributed by atoms with E-state index in [1.54, 1.807) is 4.90 Å². The Morgan fingerprint density at radius 1 is 1.10 bits per heavy atom. The Labute approximate surface area is 174 Å². The smallest absolute Gasteiger partial charge is 0.409 e. The number of piperazine rings is 1. The van der Waals surface area contributed by atoms with Crippen LogP contribution in [0.3, 0.4) is 0 Å². The molecular weight excluding hydrogens is 382 g/mol. The summed E-state index contributed by atoms with van der Waals surface area (Å²) in [5, 5.41) is 8.60. The van der Waals surface area contributed by atoms with Gasteiger partial charge in [-0.3, -0.25) is 5.10 Å². The highest BCUT2D eigenvalue weighted by Gasteiger charge is 2.28. The van der Waals surface area contributed by atoms with Crippen LogP contribution >= 0.6 is 0 Å². The first-order valence-electron chi connectivity index (χ1n) is 10.4. The highest BCUT2D eigenvalue weighted by Crippen LogP contribution is 2.33. The number of amides is 1. The molecule has 4 heterocycles. The minimum atomic E-state index is -0.255. The maximum Gasteiger partial charge on any atom is 0.409 e. The van der Waals surface area contributed by atoms with Crippen molar-refractivity contribution in [2.75, 3.05) is 49.1 Å². The number of aromatic amines is 1. The lowest BCUT2D eigenvalue weighted by molar-refractivity contribution is 0.105. The molecule has 156 valence electrons. The summed E-state index contributed by atoms with van der Waals surface area (Å²) in [6.45, 7) is 6.41. The molecule has 0 bridgehead atoms. The zero-order valence-electron chi connectivity index (χ0n) is 17.0. The van der Waals surface area contributed by atoms with Crippen LogP contribution in [0, 0.1) is 0 Å². The molecule has 3 aromatic rings. The lowest BCUT2D eigenvalue weighted by atomic mass is 10.1. The monoisotopic (exact) mass is 407 g/mol. The highest BCUT2D eigenvalue weighted by atomic mass is 16.6. The first kappa shape index (κ1) is 18.7. The Morgan fingerprint density at radius 2 is 1.90 bits per heavy atom. The highest BCUT2D eigenvalue weighted by molar-refractivity contribution is 5.91. The van der Waals surface area contributed by atoms with E-state index in [2.05, 4.69) is 44.3 Å². The Morgan fingerprint density at radius 3 is 2.67 bits per heavy atom. The van der Waals surface area contributed by atoms with Crippen LogP contribution in [0.5, 0.6) is 0 Å². The van der Waals surface area contributed by atoms with E-state index in [1.807, 2.05) is 13.0 Å². The summed E-state index contributed by atoms with van der Waals surface area (Å²) in [5.74, 6) is 1.60. The molecule has 2 aliphatic heterocycles. The van der Waals surface area contributed by atoms with Crippen molar-refractivity contribution < 1.29 is 9.53 Å². The number of nitrogens with one attached hydrogen (secondary N) is 1. The third-order valence-electron chi connectivity index (χ3n) is 5.69. The molecule has 2 aliphatic rings. The molecule has 0 unspecified atom stereocenters. The SMILES string of the molecule is CCOC(=O)N1CCN(c2nc3c4c([nH]nc4n2)CCN3Cc2ccccc2)CC1. The molecule has 1 N–H and O–H groups in total. The summed E-state index contributed by atoms with van der Waals surface area (Å²) in [6, 6.07) is 10.4. The standard InChI is InChI=1S/C21H25N7O2/c1-2-30-21(29)27-12-10-26(11-13-27)20-22-18-17-16(24-25-18)8-9-28(19(17)23-20)14-15-6-4-3-5-7-15/h3-7H,2,8-14H2,1H3,(H,22,23,24,25). The van der Waals surface area contributed by atoms with Gasteiger partial charge in [0, 0.05) is 45.7 Å². The molecule has 0 atom stereocenters. The summed E-state index contributed by atoms with van der Waals surface area (Å²) >= 11 is 0. The number of rotatable bonds is 4. The van der Waals surface area contributed by atoms with Crippen LogP contribution in [0.1, 0.15) is 18.2 Å². The van der Waals surface area contributed by atoms with Crippen molar-refractivity contribution >= 4 is 28.9 Å². The number of hydrogen-bond donors (Lipinski definition) is 1. The second-order valence-corrected chi connectivity index (χ2v) is 7.58. The quantitative estimate of drug-likeness (QED) is 0.709. The molecule has 2 aromatic heterocycles. The molecule has 1 amide bonds. The van der Waals surface area contributed by atoms with E-state index in [1.165, 1.54) is 5.56 Å². The first-order valence-corrected chi connectivity index (χ1v) is 10.4. The normalized spacial score (nSPS) is 16.2. The van der Waals surface area contributed by atoms with E-state index >= 15 is 0 Å². The summed E-state index contributed by atoms with van der Waals surface area (Å²) in [6.07, 6.45) is 0.645. The van der Waals surface area contributed by atoms with Gasteiger partial charge in [-0.05, 0) is 12.5 Å². The lowest BCUT2D eigenvalue weighted by Gasteiger charge is -2.35. The molecule has 9 heteroatoms. The number of hydrogen-bond acceptors (Lipinski definition) is 7. The van der Waals surface area contributed by atoms with Gasteiger partial charge in [0.1, 0.15) is 5.82 Å². The van der Waals surface area contributed by atoms with Crippen molar-refractivity contribution in [3.63, 3.8) is 0 Å². The van der Waals surface area contributed by atoms with Gasteiger partial charge in [-0.25, -0.2) is 4.79 Å². The number of anilines is 2. The van der Waals surface area contributed by atoms with Gasteiger partial charge in [0.05, 0.1) is 17.7 Å². The summed E-state index contributed by atoms with van der Waals surface area (Å²) in [5.41, 5.74) is 3.05. The lowest BCUT2D eigenvalue weighted by Crippen LogP contribution is -2.49. The molecular formula is C21H25N7O2. The Balaban J connectivity index is 1.41. The third-order valence-corrected chi connectivity index (χ3v) is 5.69. The maximum atomic E-state index is 12.0. The van der Waals surface area contributed by atoms with E-state index in [0.717, 1.165) is 36.4 Å². The molecule has 0 radical (unpaired) electrons. The van der Waals surface area contributed by atoms with Crippen LogP contribution in [-0.2, 0) is 17.7 Å².